The average Bonchev–Trinajstić information content (AvgIpc) is 3.26. The summed E-state index contributed by atoms with van der Waals surface area (Å²) < 4.78 is 5.10. The van der Waals surface area contributed by atoms with Gasteiger partial charge in [0.15, 0.2) is 5.12 Å². The molecule has 0 aliphatic carbocycles. The second-order valence-corrected chi connectivity index (χ2v) is 10.0. The van der Waals surface area contributed by atoms with Crippen molar-refractivity contribution in [3.05, 3.63) is 0 Å². The molecule has 0 spiro atoms. The normalized spacial score (nSPS) is 28.8. The summed E-state index contributed by atoms with van der Waals surface area (Å²) in [4.78, 5) is 51.4. The minimum absolute atomic E-state index is 0.0694. The van der Waals surface area contributed by atoms with Crippen molar-refractivity contribution in [2.75, 3.05) is 18.8 Å². The first-order valence-corrected chi connectivity index (χ1v) is 11.0. The Bertz CT molecular complexity index is 639. The maximum absolute atomic E-state index is 13.5. The number of hydrogen-bond acceptors (Lipinski definition) is 7. The number of hydrogen-bond donors (Lipinski definition) is 1. The Kier molecular flexibility index (Phi) is 7.44. The van der Waals surface area contributed by atoms with Crippen molar-refractivity contribution in [2.45, 2.75) is 78.0 Å². The minimum Gasteiger partial charge on any atom is -0.456 e. The van der Waals surface area contributed by atoms with Gasteiger partial charge in [0.25, 0.3) is 0 Å². The van der Waals surface area contributed by atoms with Crippen LogP contribution in [0.5, 0.6) is 0 Å². The standard InChI is InChI=1S/C20H33N2O5S/c1-13(12-28-14(2)23)17(24)22(18(25)15-8-6-10-21-15)11-7-9-16(22)19(26)27-20(3,4)5/h13,15-16,21H,6-12H2,1-5H3/q+1/t13?,15-,16-,22?/m0/s1. The van der Waals surface area contributed by atoms with Crippen LogP contribution in [0, 0.1) is 5.92 Å². The third kappa shape index (κ3) is 5.02. The highest BCUT2D eigenvalue weighted by Crippen LogP contribution is 2.35. The van der Waals surface area contributed by atoms with Gasteiger partial charge in [0.1, 0.15) is 11.6 Å². The lowest BCUT2D eigenvalue weighted by Crippen LogP contribution is -2.68. The molecule has 2 aliphatic rings. The van der Waals surface area contributed by atoms with E-state index >= 15 is 0 Å². The lowest BCUT2D eigenvalue weighted by Gasteiger charge is -2.37. The third-order valence-electron chi connectivity index (χ3n) is 5.30. The van der Waals surface area contributed by atoms with E-state index < -0.39 is 34.1 Å². The first kappa shape index (κ1) is 23.0. The van der Waals surface area contributed by atoms with Crippen molar-refractivity contribution in [3.63, 3.8) is 0 Å². The summed E-state index contributed by atoms with van der Waals surface area (Å²) in [6.45, 7) is 9.58. The summed E-state index contributed by atoms with van der Waals surface area (Å²) in [5.74, 6) is -1.20. The molecule has 28 heavy (non-hydrogen) atoms. The van der Waals surface area contributed by atoms with Crippen molar-refractivity contribution in [1.82, 2.24) is 5.32 Å². The van der Waals surface area contributed by atoms with Gasteiger partial charge in [-0.25, -0.2) is 14.4 Å². The van der Waals surface area contributed by atoms with E-state index in [0.29, 0.717) is 31.6 Å². The Labute approximate surface area is 171 Å². The Hall–Kier alpha value is -1.25. The molecule has 0 aromatic heterocycles. The first-order chi connectivity index (χ1) is 13.0. The number of esters is 1. The van der Waals surface area contributed by atoms with E-state index in [4.69, 9.17) is 4.74 Å². The van der Waals surface area contributed by atoms with Crippen molar-refractivity contribution >= 4 is 34.7 Å². The molecule has 2 rings (SSSR count). The molecule has 2 heterocycles. The molecule has 2 saturated heterocycles. The van der Waals surface area contributed by atoms with Gasteiger partial charge in [-0.15, -0.1) is 0 Å². The Morgan fingerprint density at radius 1 is 1.18 bits per heavy atom. The number of amides is 2. The Balaban J connectivity index is 2.37. The highest BCUT2D eigenvalue weighted by Gasteiger charge is 2.60. The zero-order chi connectivity index (χ0) is 21.1. The van der Waals surface area contributed by atoms with Crippen LogP contribution in [-0.2, 0) is 23.9 Å². The smallest absolute Gasteiger partial charge is 0.366 e. The second-order valence-electron chi connectivity index (χ2n) is 8.81. The number of carbonyl (C=O) groups excluding carboxylic acids is 4. The van der Waals surface area contributed by atoms with Gasteiger partial charge in [0.2, 0.25) is 6.04 Å². The number of rotatable bonds is 5. The number of nitrogens with one attached hydrogen (secondary N) is 1. The van der Waals surface area contributed by atoms with Crippen LogP contribution in [0.2, 0.25) is 0 Å². The van der Waals surface area contributed by atoms with E-state index in [2.05, 4.69) is 5.32 Å². The van der Waals surface area contributed by atoms with Crippen LogP contribution in [0.15, 0.2) is 0 Å². The van der Waals surface area contributed by atoms with Gasteiger partial charge in [0.05, 0.1) is 12.5 Å². The van der Waals surface area contributed by atoms with Crippen molar-refractivity contribution < 1.29 is 28.4 Å². The zero-order valence-corrected chi connectivity index (χ0v) is 18.4. The maximum atomic E-state index is 13.5. The SMILES string of the molecule is CC(=O)SCC(C)C(=O)[N+]1(C(=O)[C@@H]2CCCN2)CCC[C@H]1C(=O)OC(C)(C)C. The molecule has 2 amide bonds. The van der Waals surface area contributed by atoms with E-state index in [1.807, 2.05) is 0 Å². The molecule has 0 bridgehead atoms. The number of quaternary nitrogens is 1. The van der Waals surface area contributed by atoms with Gasteiger partial charge in [-0.3, -0.25) is 4.79 Å². The number of ether oxygens (including phenoxy) is 1. The van der Waals surface area contributed by atoms with Crippen LogP contribution < -0.4 is 5.32 Å². The second kappa shape index (κ2) is 9.05. The Morgan fingerprint density at radius 2 is 1.86 bits per heavy atom. The lowest BCUT2D eigenvalue weighted by atomic mass is 10.0. The van der Waals surface area contributed by atoms with Crippen LogP contribution in [0.25, 0.3) is 0 Å². The van der Waals surface area contributed by atoms with Crippen LogP contribution >= 0.6 is 11.8 Å². The summed E-state index contributed by atoms with van der Waals surface area (Å²) in [6.07, 6.45) is 2.60. The van der Waals surface area contributed by atoms with E-state index in [1.165, 1.54) is 6.92 Å². The minimum atomic E-state index is -0.814. The Morgan fingerprint density at radius 3 is 2.39 bits per heavy atom. The fraction of sp³-hybridized carbons (Fsp3) is 0.800. The molecule has 158 valence electrons. The molecule has 0 aromatic carbocycles. The first-order valence-electron chi connectivity index (χ1n) is 10.0. The summed E-state index contributed by atoms with van der Waals surface area (Å²) in [5, 5.41) is 3.11. The lowest BCUT2D eigenvalue weighted by molar-refractivity contribution is -0.785. The van der Waals surface area contributed by atoms with E-state index in [-0.39, 0.29) is 16.9 Å². The number of likely N-dealkylation sites (tertiary alicyclic amines) is 1. The molecule has 1 N–H and O–H groups in total. The van der Waals surface area contributed by atoms with Gasteiger partial charge >= 0.3 is 17.8 Å². The van der Waals surface area contributed by atoms with Gasteiger partial charge < -0.3 is 10.1 Å². The van der Waals surface area contributed by atoms with E-state index in [0.717, 1.165) is 24.7 Å². The molecule has 2 unspecified atom stereocenters. The molecule has 7 nitrogen and oxygen atoms in total. The van der Waals surface area contributed by atoms with Gasteiger partial charge in [-0.2, -0.15) is 4.48 Å². The van der Waals surface area contributed by atoms with Crippen molar-refractivity contribution in [1.29, 1.82) is 0 Å². The number of imide groups is 1. The average molecular weight is 414 g/mol. The highest BCUT2D eigenvalue weighted by atomic mass is 32.2. The van der Waals surface area contributed by atoms with Crippen LogP contribution in [-0.4, -0.2) is 63.9 Å². The predicted octanol–water partition coefficient (Wildman–Crippen LogP) is 2.03. The molecular formula is C20H33N2O5S+. The number of thioether (sulfide) groups is 1. The van der Waals surface area contributed by atoms with E-state index in [1.54, 1.807) is 27.7 Å². The fourth-order valence-corrected chi connectivity index (χ4v) is 4.72. The summed E-state index contributed by atoms with van der Waals surface area (Å²) in [6, 6.07) is -1.23. The largest absolute Gasteiger partial charge is 0.456 e. The summed E-state index contributed by atoms with van der Waals surface area (Å²) >= 11 is 1.08. The highest BCUT2D eigenvalue weighted by molar-refractivity contribution is 8.13. The molecule has 0 radical (unpaired) electrons. The molecular weight excluding hydrogens is 380 g/mol. The van der Waals surface area contributed by atoms with Gasteiger partial charge in [-0.1, -0.05) is 11.8 Å². The van der Waals surface area contributed by atoms with Gasteiger partial charge in [0, 0.05) is 25.5 Å². The third-order valence-corrected chi connectivity index (χ3v) is 6.38. The molecule has 0 aromatic rings. The summed E-state index contributed by atoms with van der Waals surface area (Å²) in [5.41, 5.74) is -0.691. The van der Waals surface area contributed by atoms with Crippen molar-refractivity contribution in [2.24, 2.45) is 5.92 Å². The fourth-order valence-electron chi connectivity index (χ4n) is 4.09. The quantitative estimate of drug-likeness (QED) is 0.545. The topological polar surface area (TPSA) is 89.5 Å². The van der Waals surface area contributed by atoms with Crippen LogP contribution in [0.4, 0.5) is 0 Å². The van der Waals surface area contributed by atoms with Crippen LogP contribution in [0.1, 0.15) is 60.3 Å². The van der Waals surface area contributed by atoms with Gasteiger partial charge in [-0.05, 0) is 47.1 Å². The number of carbonyl (C=O) groups is 4. The maximum Gasteiger partial charge on any atom is 0.366 e. The summed E-state index contributed by atoms with van der Waals surface area (Å²) in [7, 11) is 0. The number of nitrogens with zero attached hydrogens (tertiary/aromatic N) is 1. The molecule has 8 heteroatoms. The molecule has 2 fully saturated rings. The van der Waals surface area contributed by atoms with Crippen LogP contribution in [0.3, 0.4) is 0 Å². The van der Waals surface area contributed by atoms with E-state index in [9.17, 15) is 19.2 Å². The predicted molar refractivity (Wildman–Crippen MR) is 107 cm³/mol. The zero-order valence-electron chi connectivity index (χ0n) is 17.6. The molecule has 0 saturated carbocycles. The van der Waals surface area contributed by atoms with Crippen molar-refractivity contribution in [3.8, 4) is 0 Å². The molecule has 4 atom stereocenters. The molecule has 2 aliphatic heterocycles. The monoisotopic (exact) mass is 413 g/mol.